The third-order valence-electron chi connectivity index (χ3n) is 2.70. The maximum absolute atomic E-state index is 12.8. The van der Waals surface area contributed by atoms with E-state index in [1.54, 1.807) is 24.4 Å². The number of benzene rings is 1. The summed E-state index contributed by atoms with van der Waals surface area (Å²) in [6, 6.07) is 9.61. The fourth-order valence-corrected chi connectivity index (χ4v) is 1.71. The van der Waals surface area contributed by atoms with Crippen LogP contribution in [-0.2, 0) is 6.54 Å². The first kappa shape index (κ1) is 15.8. The van der Waals surface area contributed by atoms with Gasteiger partial charge in [-0.05, 0) is 43.7 Å². The second kappa shape index (κ2) is 7.40. The van der Waals surface area contributed by atoms with Gasteiger partial charge in [0, 0.05) is 18.3 Å². The molecule has 2 rings (SSSR count). The number of nitrogens with zero attached hydrogens (tertiary/aromatic N) is 2. The summed E-state index contributed by atoms with van der Waals surface area (Å²) in [7, 11) is 0. The zero-order chi connectivity index (χ0) is 15.9. The summed E-state index contributed by atoms with van der Waals surface area (Å²) >= 11 is 0. The molecule has 0 spiro atoms. The molecule has 1 aromatic carbocycles. The van der Waals surface area contributed by atoms with E-state index in [0.717, 1.165) is 5.56 Å². The number of rotatable bonds is 5. The van der Waals surface area contributed by atoms with Crippen molar-refractivity contribution in [3.8, 4) is 11.6 Å². The van der Waals surface area contributed by atoms with Crippen LogP contribution in [0.4, 0.5) is 4.39 Å². The summed E-state index contributed by atoms with van der Waals surface area (Å²) < 4.78 is 18.3. The van der Waals surface area contributed by atoms with Gasteiger partial charge in [0.15, 0.2) is 5.96 Å². The molecule has 0 saturated carbocycles. The fourth-order valence-electron chi connectivity index (χ4n) is 1.71. The van der Waals surface area contributed by atoms with Crippen molar-refractivity contribution in [2.45, 2.75) is 26.4 Å². The van der Waals surface area contributed by atoms with Gasteiger partial charge in [0.05, 0.1) is 6.54 Å². The molecule has 0 unspecified atom stereocenters. The molecule has 2 aromatic rings. The van der Waals surface area contributed by atoms with Crippen LogP contribution in [0.5, 0.6) is 11.6 Å². The lowest BCUT2D eigenvalue weighted by Crippen LogP contribution is -2.36. The predicted octanol–water partition coefficient (Wildman–Crippen LogP) is 2.83. The summed E-state index contributed by atoms with van der Waals surface area (Å²) in [5.41, 5.74) is 6.65. The van der Waals surface area contributed by atoms with E-state index in [-0.39, 0.29) is 11.9 Å². The van der Waals surface area contributed by atoms with Gasteiger partial charge in [-0.3, -0.25) is 0 Å². The van der Waals surface area contributed by atoms with Crippen molar-refractivity contribution < 1.29 is 9.13 Å². The highest BCUT2D eigenvalue weighted by Crippen LogP contribution is 2.19. The van der Waals surface area contributed by atoms with E-state index in [4.69, 9.17) is 10.5 Å². The van der Waals surface area contributed by atoms with Gasteiger partial charge in [-0.1, -0.05) is 6.07 Å². The molecule has 6 heteroatoms. The zero-order valence-corrected chi connectivity index (χ0v) is 12.6. The van der Waals surface area contributed by atoms with Crippen molar-refractivity contribution in [1.82, 2.24) is 10.3 Å². The number of aromatic nitrogens is 1. The Balaban J connectivity index is 1.94. The van der Waals surface area contributed by atoms with Gasteiger partial charge in [-0.2, -0.15) is 0 Å². The fraction of sp³-hybridized carbons (Fsp3) is 0.250. The second-order valence-electron chi connectivity index (χ2n) is 5.06. The Bertz CT molecular complexity index is 624. The highest BCUT2D eigenvalue weighted by atomic mass is 19.1. The SMILES string of the molecule is CC(C)NC(N)=NCc1ccc(Oc2ccc(F)cc2)nc1. The van der Waals surface area contributed by atoms with Crippen LogP contribution in [0.15, 0.2) is 47.6 Å². The number of hydrogen-bond acceptors (Lipinski definition) is 3. The number of hydrogen-bond donors (Lipinski definition) is 2. The summed E-state index contributed by atoms with van der Waals surface area (Å²) in [5.74, 6) is 1.07. The van der Waals surface area contributed by atoms with Crippen molar-refractivity contribution in [2.75, 3.05) is 0 Å². The summed E-state index contributed by atoms with van der Waals surface area (Å²) in [4.78, 5) is 8.41. The Labute approximate surface area is 129 Å². The number of nitrogens with one attached hydrogen (secondary N) is 1. The molecule has 0 radical (unpaired) electrons. The predicted molar refractivity (Wildman–Crippen MR) is 84.3 cm³/mol. The van der Waals surface area contributed by atoms with Gasteiger partial charge in [-0.15, -0.1) is 0 Å². The molecule has 0 saturated heterocycles. The normalized spacial score (nSPS) is 11.5. The lowest BCUT2D eigenvalue weighted by molar-refractivity contribution is 0.461. The van der Waals surface area contributed by atoms with Crippen LogP contribution in [0.3, 0.4) is 0 Å². The molecule has 0 fully saturated rings. The van der Waals surface area contributed by atoms with Gasteiger partial charge < -0.3 is 15.8 Å². The molecule has 3 N–H and O–H groups in total. The van der Waals surface area contributed by atoms with E-state index in [0.29, 0.717) is 24.1 Å². The van der Waals surface area contributed by atoms with Gasteiger partial charge in [-0.25, -0.2) is 14.4 Å². The van der Waals surface area contributed by atoms with Crippen LogP contribution >= 0.6 is 0 Å². The molecule has 1 aromatic heterocycles. The van der Waals surface area contributed by atoms with E-state index in [1.165, 1.54) is 12.1 Å². The van der Waals surface area contributed by atoms with Crippen LogP contribution in [0.2, 0.25) is 0 Å². The molecule has 0 aliphatic heterocycles. The van der Waals surface area contributed by atoms with E-state index in [2.05, 4.69) is 15.3 Å². The van der Waals surface area contributed by atoms with Gasteiger partial charge >= 0.3 is 0 Å². The van der Waals surface area contributed by atoms with Crippen molar-refractivity contribution in [2.24, 2.45) is 10.7 Å². The van der Waals surface area contributed by atoms with Crippen LogP contribution in [0.25, 0.3) is 0 Å². The third kappa shape index (κ3) is 5.05. The van der Waals surface area contributed by atoms with Crippen LogP contribution in [0.1, 0.15) is 19.4 Å². The quantitative estimate of drug-likeness (QED) is 0.658. The largest absolute Gasteiger partial charge is 0.439 e. The highest BCUT2D eigenvalue weighted by Gasteiger charge is 2.00. The number of ether oxygens (including phenoxy) is 1. The maximum Gasteiger partial charge on any atom is 0.219 e. The van der Waals surface area contributed by atoms with Gasteiger partial charge in [0.2, 0.25) is 5.88 Å². The lowest BCUT2D eigenvalue weighted by atomic mass is 10.3. The Hall–Kier alpha value is -2.63. The molecule has 5 nitrogen and oxygen atoms in total. The smallest absolute Gasteiger partial charge is 0.219 e. The van der Waals surface area contributed by atoms with E-state index in [1.807, 2.05) is 19.9 Å². The minimum Gasteiger partial charge on any atom is -0.439 e. The lowest BCUT2D eigenvalue weighted by Gasteiger charge is -2.08. The molecule has 0 bridgehead atoms. The standard InChI is InChI=1S/C16H19FN4O/c1-11(2)21-16(18)20-10-12-3-8-15(19-9-12)22-14-6-4-13(17)5-7-14/h3-9,11H,10H2,1-2H3,(H3,18,20,21). The van der Waals surface area contributed by atoms with Gasteiger partial charge in [0.1, 0.15) is 11.6 Å². The molecule has 0 aliphatic rings. The minimum atomic E-state index is -0.305. The Morgan fingerprint density at radius 1 is 1.27 bits per heavy atom. The van der Waals surface area contributed by atoms with Crippen molar-refractivity contribution in [3.63, 3.8) is 0 Å². The first-order valence-corrected chi connectivity index (χ1v) is 6.98. The molecular formula is C16H19FN4O. The number of pyridine rings is 1. The molecule has 1 heterocycles. The van der Waals surface area contributed by atoms with Crippen molar-refractivity contribution in [1.29, 1.82) is 0 Å². The van der Waals surface area contributed by atoms with Crippen molar-refractivity contribution >= 4 is 5.96 Å². The molecule has 116 valence electrons. The summed E-state index contributed by atoms with van der Waals surface area (Å²) in [6.07, 6.45) is 1.67. The second-order valence-corrected chi connectivity index (χ2v) is 5.06. The number of halogens is 1. The van der Waals surface area contributed by atoms with E-state index in [9.17, 15) is 4.39 Å². The van der Waals surface area contributed by atoms with Crippen molar-refractivity contribution in [3.05, 3.63) is 54.0 Å². The van der Waals surface area contributed by atoms with E-state index >= 15 is 0 Å². The minimum absolute atomic E-state index is 0.244. The summed E-state index contributed by atoms with van der Waals surface area (Å²) in [5, 5.41) is 3.01. The highest BCUT2D eigenvalue weighted by molar-refractivity contribution is 5.78. The number of guanidine groups is 1. The van der Waals surface area contributed by atoms with Crippen LogP contribution < -0.4 is 15.8 Å². The Morgan fingerprint density at radius 3 is 2.59 bits per heavy atom. The molecule has 22 heavy (non-hydrogen) atoms. The summed E-state index contributed by atoms with van der Waals surface area (Å²) in [6.45, 7) is 4.42. The zero-order valence-electron chi connectivity index (χ0n) is 12.6. The first-order valence-electron chi connectivity index (χ1n) is 6.98. The average Bonchev–Trinajstić information content (AvgIpc) is 2.48. The topological polar surface area (TPSA) is 72.5 Å². The molecular weight excluding hydrogens is 283 g/mol. The molecule has 0 aliphatic carbocycles. The Kier molecular flexibility index (Phi) is 5.30. The monoisotopic (exact) mass is 302 g/mol. The molecule has 0 amide bonds. The van der Waals surface area contributed by atoms with Gasteiger partial charge in [0.25, 0.3) is 0 Å². The molecule has 0 atom stereocenters. The Morgan fingerprint density at radius 2 is 2.00 bits per heavy atom. The van der Waals surface area contributed by atoms with E-state index < -0.39 is 0 Å². The maximum atomic E-state index is 12.8. The number of aliphatic imine (C=N–C) groups is 1. The third-order valence-corrected chi connectivity index (χ3v) is 2.70. The van der Waals surface area contributed by atoms with Crippen LogP contribution in [-0.4, -0.2) is 17.0 Å². The average molecular weight is 302 g/mol. The first-order chi connectivity index (χ1) is 10.5. The number of nitrogens with two attached hydrogens (primary N) is 1. The van der Waals surface area contributed by atoms with Crippen LogP contribution in [0, 0.1) is 5.82 Å².